The Balaban J connectivity index is 1.73. The summed E-state index contributed by atoms with van der Waals surface area (Å²) in [5, 5.41) is 10.1. The average Bonchev–Trinajstić information content (AvgIpc) is 3.13. The summed E-state index contributed by atoms with van der Waals surface area (Å²) < 4.78 is 13.0. The van der Waals surface area contributed by atoms with Gasteiger partial charge in [0.25, 0.3) is 0 Å². The molecule has 0 unspecified atom stereocenters. The van der Waals surface area contributed by atoms with Crippen molar-refractivity contribution in [3.63, 3.8) is 0 Å². The summed E-state index contributed by atoms with van der Waals surface area (Å²) >= 11 is 0. The molecule has 0 radical (unpaired) electrons. The maximum absolute atomic E-state index is 13.0. The highest BCUT2D eigenvalue weighted by Gasteiger charge is 2.14. The number of allylic oxidation sites excluding steroid dienone is 1. The Labute approximate surface area is 131 Å². The van der Waals surface area contributed by atoms with Gasteiger partial charge in [-0.15, -0.1) is 0 Å². The van der Waals surface area contributed by atoms with Gasteiger partial charge < -0.3 is 10.1 Å². The molecule has 4 rings (SSSR count). The van der Waals surface area contributed by atoms with E-state index in [1.807, 2.05) is 24.3 Å². The number of fused-ring (bicyclic) bond motifs is 1. The van der Waals surface area contributed by atoms with Crippen LogP contribution in [-0.2, 0) is 0 Å². The number of imidazole rings is 1. The van der Waals surface area contributed by atoms with Crippen LogP contribution in [0.1, 0.15) is 11.3 Å². The SMILES string of the molecule is Oc1nc(-c2ccc(F)cc2)[nH]c1/C=C1\C=Nc2ccccc21. The molecule has 0 bridgehead atoms. The van der Waals surface area contributed by atoms with E-state index < -0.39 is 0 Å². The molecule has 2 aromatic carbocycles. The first-order chi connectivity index (χ1) is 11.2. The molecule has 2 heterocycles. The topological polar surface area (TPSA) is 61.3 Å². The molecule has 5 heteroatoms. The lowest BCUT2D eigenvalue weighted by Gasteiger charge is -1.98. The van der Waals surface area contributed by atoms with E-state index in [2.05, 4.69) is 15.0 Å². The minimum absolute atomic E-state index is 0.102. The minimum Gasteiger partial charge on any atom is -0.492 e. The molecule has 1 aliphatic rings. The molecule has 0 atom stereocenters. The largest absolute Gasteiger partial charge is 0.492 e. The molecule has 2 N–H and O–H groups in total. The normalized spacial score (nSPS) is 14.4. The van der Waals surface area contributed by atoms with E-state index >= 15 is 0 Å². The molecule has 0 saturated heterocycles. The van der Waals surface area contributed by atoms with Gasteiger partial charge in [0.2, 0.25) is 5.88 Å². The van der Waals surface area contributed by atoms with Crippen LogP contribution in [0.4, 0.5) is 10.1 Å². The predicted octanol–water partition coefficient (Wildman–Crippen LogP) is 4.18. The van der Waals surface area contributed by atoms with Crippen LogP contribution in [0.15, 0.2) is 53.5 Å². The molecule has 0 fully saturated rings. The van der Waals surface area contributed by atoms with Gasteiger partial charge in [0.05, 0.1) is 5.69 Å². The fourth-order valence-electron chi connectivity index (χ4n) is 2.53. The van der Waals surface area contributed by atoms with E-state index in [9.17, 15) is 9.50 Å². The van der Waals surface area contributed by atoms with E-state index in [0.717, 1.165) is 16.8 Å². The predicted molar refractivity (Wildman–Crippen MR) is 88.1 cm³/mol. The van der Waals surface area contributed by atoms with Crippen LogP contribution >= 0.6 is 0 Å². The molecule has 4 nitrogen and oxygen atoms in total. The smallest absolute Gasteiger partial charge is 0.237 e. The van der Waals surface area contributed by atoms with Crippen molar-refractivity contribution in [3.05, 3.63) is 65.6 Å². The number of aromatic amines is 1. The van der Waals surface area contributed by atoms with E-state index in [-0.39, 0.29) is 11.7 Å². The molecule has 1 aromatic heterocycles. The number of halogens is 1. The molecular formula is C18H12FN3O. The van der Waals surface area contributed by atoms with Crippen LogP contribution in [0, 0.1) is 5.82 Å². The van der Waals surface area contributed by atoms with Gasteiger partial charge in [0.1, 0.15) is 17.3 Å². The van der Waals surface area contributed by atoms with Gasteiger partial charge in [0.15, 0.2) is 0 Å². The molecule has 112 valence electrons. The van der Waals surface area contributed by atoms with Gasteiger partial charge in [0, 0.05) is 22.9 Å². The first-order valence-electron chi connectivity index (χ1n) is 7.11. The lowest BCUT2D eigenvalue weighted by atomic mass is 10.1. The van der Waals surface area contributed by atoms with Gasteiger partial charge >= 0.3 is 0 Å². The number of para-hydroxylation sites is 1. The van der Waals surface area contributed by atoms with E-state index in [0.29, 0.717) is 17.1 Å². The van der Waals surface area contributed by atoms with Crippen molar-refractivity contribution >= 4 is 23.6 Å². The van der Waals surface area contributed by atoms with Crippen molar-refractivity contribution in [3.8, 4) is 17.3 Å². The van der Waals surface area contributed by atoms with Gasteiger partial charge in [-0.1, -0.05) is 18.2 Å². The molecule has 1 aliphatic heterocycles. The minimum atomic E-state index is -0.314. The third kappa shape index (κ3) is 2.42. The Morgan fingerprint density at radius 2 is 1.83 bits per heavy atom. The van der Waals surface area contributed by atoms with Gasteiger partial charge in [-0.2, -0.15) is 4.98 Å². The van der Waals surface area contributed by atoms with Crippen LogP contribution in [0.25, 0.3) is 23.0 Å². The lowest BCUT2D eigenvalue weighted by Crippen LogP contribution is -1.83. The highest BCUT2D eigenvalue weighted by molar-refractivity contribution is 6.21. The summed E-state index contributed by atoms with van der Waals surface area (Å²) in [5.41, 5.74) is 3.99. The van der Waals surface area contributed by atoms with E-state index in [4.69, 9.17) is 0 Å². The first-order valence-corrected chi connectivity index (χ1v) is 7.11. The molecule has 0 aliphatic carbocycles. The second kappa shape index (κ2) is 5.21. The monoisotopic (exact) mass is 305 g/mol. The Morgan fingerprint density at radius 1 is 1.04 bits per heavy atom. The summed E-state index contributed by atoms with van der Waals surface area (Å²) in [6.45, 7) is 0. The third-order valence-electron chi connectivity index (χ3n) is 3.69. The van der Waals surface area contributed by atoms with Gasteiger partial charge in [-0.25, -0.2) is 4.39 Å². The molecule has 0 saturated carbocycles. The zero-order valence-electron chi connectivity index (χ0n) is 12.0. The zero-order chi connectivity index (χ0) is 15.8. The number of nitrogens with one attached hydrogen (secondary N) is 1. The summed E-state index contributed by atoms with van der Waals surface area (Å²) in [4.78, 5) is 11.5. The molecule has 0 spiro atoms. The van der Waals surface area contributed by atoms with Crippen LogP contribution in [0.2, 0.25) is 0 Å². The van der Waals surface area contributed by atoms with Crippen LogP contribution in [0.5, 0.6) is 5.88 Å². The van der Waals surface area contributed by atoms with Gasteiger partial charge in [-0.3, -0.25) is 4.99 Å². The van der Waals surface area contributed by atoms with Crippen LogP contribution < -0.4 is 0 Å². The number of aromatic hydroxyl groups is 1. The van der Waals surface area contributed by atoms with Crippen molar-refractivity contribution in [2.45, 2.75) is 0 Å². The molecule has 23 heavy (non-hydrogen) atoms. The van der Waals surface area contributed by atoms with Crippen LogP contribution in [0.3, 0.4) is 0 Å². The number of aromatic nitrogens is 2. The second-order valence-electron chi connectivity index (χ2n) is 5.20. The number of hydrogen-bond acceptors (Lipinski definition) is 3. The highest BCUT2D eigenvalue weighted by Crippen LogP contribution is 2.33. The van der Waals surface area contributed by atoms with Crippen molar-refractivity contribution in [1.29, 1.82) is 0 Å². The number of nitrogens with zero attached hydrogens (tertiary/aromatic N) is 2. The Bertz CT molecular complexity index is 939. The van der Waals surface area contributed by atoms with Crippen LogP contribution in [-0.4, -0.2) is 21.3 Å². The number of hydrogen-bond donors (Lipinski definition) is 2. The lowest BCUT2D eigenvalue weighted by molar-refractivity contribution is 0.455. The standard InChI is InChI=1S/C18H12FN3O/c19-13-7-5-11(6-8-13)17-21-16(18(23)22-17)9-12-10-20-15-4-2-1-3-14(12)15/h1-10,23H,(H,21,22)/b12-9+. The zero-order valence-corrected chi connectivity index (χ0v) is 12.0. The van der Waals surface area contributed by atoms with E-state index in [1.165, 1.54) is 12.1 Å². The quantitative estimate of drug-likeness (QED) is 0.746. The van der Waals surface area contributed by atoms with E-state index in [1.54, 1.807) is 24.4 Å². The summed E-state index contributed by atoms with van der Waals surface area (Å²) in [7, 11) is 0. The summed E-state index contributed by atoms with van der Waals surface area (Å²) in [6.07, 6.45) is 3.55. The Kier molecular flexibility index (Phi) is 3.05. The maximum atomic E-state index is 13.0. The number of H-pyrrole nitrogens is 1. The van der Waals surface area contributed by atoms with Crippen molar-refractivity contribution < 1.29 is 9.50 Å². The third-order valence-corrected chi connectivity index (χ3v) is 3.69. The number of benzene rings is 2. The Hall–Kier alpha value is -3.21. The van der Waals surface area contributed by atoms with Crippen molar-refractivity contribution in [2.75, 3.05) is 0 Å². The van der Waals surface area contributed by atoms with Crippen molar-refractivity contribution in [1.82, 2.24) is 9.97 Å². The molecule has 3 aromatic rings. The Morgan fingerprint density at radius 3 is 2.65 bits per heavy atom. The highest BCUT2D eigenvalue weighted by atomic mass is 19.1. The molecular weight excluding hydrogens is 293 g/mol. The fourth-order valence-corrected chi connectivity index (χ4v) is 2.53. The summed E-state index contributed by atoms with van der Waals surface area (Å²) in [5.74, 6) is 0.0674. The second-order valence-corrected chi connectivity index (χ2v) is 5.20. The summed E-state index contributed by atoms with van der Waals surface area (Å²) in [6, 6.07) is 13.7. The van der Waals surface area contributed by atoms with Gasteiger partial charge in [-0.05, 0) is 36.4 Å². The maximum Gasteiger partial charge on any atom is 0.237 e. The fraction of sp³-hybridized carbons (Fsp3) is 0. The molecule has 0 amide bonds. The van der Waals surface area contributed by atoms with Crippen molar-refractivity contribution in [2.24, 2.45) is 4.99 Å². The number of rotatable bonds is 2. The first kappa shape index (κ1) is 13.5. The number of aliphatic imine (C=N–C) groups is 1. The average molecular weight is 305 g/mol.